The lowest BCUT2D eigenvalue weighted by atomic mass is 9.89. The number of hydrogen-bond donors (Lipinski definition) is 0. The van der Waals surface area contributed by atoms with Crippen molar-refractivity contribution >= 4 is 0 Å². The molecular formula is C21H24F3NO. The molecule has 2 aromatic carbocycles. The van der Waals surface area contributed by atoms with Crippen LogP contribution in [0.2, 0.25) is 0 Å². The van der Waals surface area contributed by atoms with E-state index in [2.05, 4.69) is 4.90 Å². The Kier molecular flexibility index (Phi) is 6.20. The van der Waals surface area contributed by atoms with E-state index in [9.17, 15) is 13.2 Å². The van der Waals surface area contributed by atoms with Gasteiger partial charge >= 0.3 is 0 Å². The van der Waals surface area contributed by atoms with E-state index < -0.39 is 11.6 Å². The first kappa shape index (κ1) is 18.8. The van der Waals surface area contributed by atoms with E-state index in [-0.39, 0.29) is 11.6 Å². The molecule has 0 aliphatic carbocycles. The van der Waals surface area contributed by atoms with E-state index in [1.54, 1.807) is 6.07 Å². The molecule has 0 saturated carbocycles. The van der Waals surface area contributed by atoms with Crippen molar-refractivity contribution in [1.29, 1.82) is 0 Å². The van der Waals surface area contributed by atoms with Crippen LogP contribution in [0.15, 0.2) is 36.4 Å². The van der Waals surface area contributed by atoms with Crippen molar-refractivity contribution in [2.45, 2.75) is 26.2 Å². The summed E-state index contributed by atoms with van der Waals surface area (Å²) >= 11 is 0. The van der Waals surface area contributed by atoms with Gasteiger partial charge in [-0.05, 0) is 74.5 Å². The zero-order valence-electron chi connectivity index (χ0n) is 15.0. The largest absolute Gasteiger partial charge is 0.489 e. The standard InChI is InChI=1S/C21H24F3NO/c1-15-2-3-17(19(23)12-15)13-16-6-8-25(9-7-16)10-11-26-21-5-4-18(22)14-20(21)24/h2-5,12,14,16H,6-11,13H2,1H3. The minimum absolute atomic E-state index is 0.0798. The van der Waals surface area contributed by atoms with E-state index in [4.69, 9.17) is 4.74 Å². The van der Waals surface area contributed by atoms with Crippen molar-refractivity contribution in [3.63, 3.8) is 0 Å². The van der Waals surface area contributed by atoms with Gasteiger partial charge < -0.3 is 4.74 Å². The number of piperidine rings is 1. The number of ether oxygens (including phenoxy) is 1. The van der Waals surface area contributed by atoms with Crippen LogP contribution >= 0.6 is 0 Å². The molecule has 1 aliphatic heterocycles. The van der Waals surface area contributed by atoms with E-state index in [1.807, 2.05) is 19.1 Å². The van der Waals surface area contributed by atoms with Crippen molar-refractivity contribution in [2.75, 3.05) is 26.2 Å². The zero-order valence-corrected chi connectivity index (χ0v) is 15.0. The van der Waals surface area contributed by atoms with Gasteiger partial charge in [0.15, 0.2) is 11.6 Å². The Bertz CT molecular complexity index is 742. The fourth-order valence-corrected chi connectivity index (χ4v) is 3.42. The molecule has 0 bridgehead atoms. The summed E-state index contributed by atoms with van der Waals surface area (Å²) in [6.07, 6.45) is 2.80. The molecule has 1 heterocycles. The van der Waals surface area contributed by atoms with Crippen molar-refractivity contribution < 1.29 is 17.9 Å². The third-order valence-electron chi connectivity index (χ3n) is 4.98. The van der Waals surface area contributed by atoms with Crippen LogP contribution in [0, 0.1) is 30.3 Å². The lowest BCUT2D eigenvalue weighted by Crippen LogP contribution is -2.37. The summed E-state index contributed by atoms with van der Waals surface area (Å²) in [6.45, 7) is 4.80. The predicted octanol–water partition coefficient (Wildman–Crippen LogP) is 4.75. The van der Waals surface area contributed by atoms with Crippen molar-refractivity contribution in [3.8, 4) is 5.75 Å². The summed E-state index contributed by atoms with van der Waals surface area (Å²) in [6, 6.07) is 8.77. The Balaban J connectivity index is 1.41. The Labute approximate surface area is 152 Å². The van der Waals surface area contributed by atoms with Crippen LogP contribution in [0.4, 0.5) is 13.2 Å². The molecule has 1 aliphatic rings. The molecule has 140 valence electrons. The molecule has 0 unspecified atom stereocenters. The quantitative estimate of drug-likeness (QED) is 0.735. The Hall–Kier alpha value is -2.01. The number of aryl methyl sites for hydroxylation is 1. The average molecular weight is 363 g/mol. The van der Waals surface area contributed by atoms with Gasteiger partial charge in [-0.3, -0.25) is 4.90 Å². The molecule has 1 fully saturated rings. The highest BCUT2D eigenvalue weighted by atomic mass is 19.1. The third-order valence-corrected chi connectivity index (χ3v) is 4.98. The second kappa shape index (κ2) is 8.58. The first-order valence-corrected chi connectivity index (χ1v) is 9.06. The summed E-state index contributed by atoms with van der Waals surface area (Å²) in [5, 5.41) is 0. The van der Waals surface area contributed by atoms with Crippen molar-refractivity contribution in [1.82, 2.24) is 4.90 Å². The van der Waals surface area contributed by atoms with Gasteiger partial charge in [-0.1, -0.05) is 12.1 Å². The highest BCUT2D eigenvalue weighted by Crippen LogP contribution is 2.24. The third kappa shape index (κ3) is 5.01. The summed E-state index contributed by atoms with van der Waals surface area (Å²) in [5.74, 6) is -0.831. The molecule has 0 radical (unpaired) electrons. The molecule has 0 N–H and O–H groups in total. The number of halogens is 3. The van der Waals surface area contributed by atoms with Crippen LogP contribution in [0.1, 0.15) is 24.0 Å². The zero-order chi connectivity index (χ0) is 18.5. The smallest absolute Gasteiger partial charge is 0.167 e. The summed E-state index contributed by atoms with van der Waals surface area (Å²) in [7, 11) is 0. The van der Waals surface area contributed by atoms with Crippen LogP contribution in [0.3, 0.4) is 0 Å². The summed E-state index contributed by atoms with van der Waals surface area (Å²) < 4.78 is 45.8. The van der Waals surface area contributed by atoms with Crippen LogP contribution in [0.5, 0.6) is 5.75 Å². The normalized spacial score (nSPS) is 16.0. The van der Waals surface area contributed by atoms with Gasteiger partial charge in [0.2, 0.25) is 0 Å². The second-order valence-corrected chi connectivity index (χ2v) is 7.01. The SMILES string of the molecule is Cc1ccc(CC2CCN(CCOc3ccc(F)cc3F)CC2)c(F)c1. The maximum absolute atomic E-state index is 14.0. The number of benzene rings is 2. The highest BCUT2D eigenvalue weighted by Gasteiger charge is 2.20. The average Bonchev–Trinajstić information content (AvgIpc) is 2.61. The molecule has 26 heavy (non-hydrogen) atoms. The van der Waals surface area contributed by atoms with Gasteiger partial charge in [0.25, 0.3) is 0 Å². The number of hydrogen-bond acceptors (Lipinski definition) is 2. The molecular weight excluding hydrogens is 339 g/mol. The molecule has 2 nitrogen and oxygen atoms in total. The molecule has 1 saturated heterocycles. The lowest BCUT2D eigenvalue weighted by Gasteiger charge is -2.32. The van der Waals surface area contributed by atoms with E-state index >= 15 is 0 Å². The molecule has 0 spiro atoms. The summed E-state index contributed by atoms with van der Waals surface area (Å²) in [5.41, 5.74) is 1.74. The van der Waals surface area contributed by atoms with Crippen molar-refractivity contribution in [2.24, 2.45) is 5.92 Å². The van der Waals surface area contributed by atoms with E-state index in [0.29, 0.717) is 19.1 Å². The molecule has 0 aromatic heterocycles. The van der Waals surface area contributed by atoms with Crippen LogP contribution in [-0.2, 0) is 6.42 Å². The second-order valence-electron chi connectivity index (χ2n) is 7.01. The fraction of sp³-hybridized carbons (Fsp3) is 0.429. The van der Waals surface area contributed by atoms with Gasteiger partial charge in [0.1, 0.15) is 18.2 Å². The van der Waals surface area contributed by atoms with Crippen LogP contribution < -0.4 is 4.74 Å². The minimum atomic E-state index is -0.677. The number of rotatable bonds is 6. The van der Waals surface area contributed by atoms with Gasteiger partial charge in [0, 0.05) is 12.6 Å². The minimum Gasteiger partial charge on any atom is -0.489 e. The van der Waals surface area contributed by atoms with Gasteiger partial charge in [-0.25, -0.2) is 13.2 Å². The van der Waals surface area contributed by atoms with Gasteiger partial charge in [0.05, 0.1) is 0 Å². The fourth-order valence-electron chi connectivity index (χ4n) is 3.42. The Morgan fingerprint density at radius 3 is 2.46 bits per heavy atom. The van der Waals surface area contributed by atoms with Crippen molar-refractivity contribution in [3.05, 3.63) is 65.0 Å². The predicted molar refractivity (Wildman–Crippen MR) is 95.9 cm³/mol. The molecule has 0 atom stereocenters. The van der Waals surface area contributed by atoms with Crippen LogP contribution in [0.25, 0.3) is 0 Å². The van der Waals surface area contributed by atoms with E-state index in [0.717, 1.165) is 49.5 Å². The number of nitrogens with zero attached hydrogens (tertiary/aromatic N) is 1. The van der Waals surface area contributed by atoms with Gasteiger partial charge in [-0.15, -0.1) is 0 Å². The highest BCUT2D eigenvalue weighted by molar-refractivity contribution is 5.25. The molecule has 2 aromatic rings. The Morgan fingerprint density at radius 1 is 1.00 bits per heavy atom. The monoisotopic (exact) mass is 363 g/mol. The first-order valence-electron chi connectivity index (χ1n) is 9.06. The summed E-state index contributed by atoms with van der Waals surface area (Å²) in [4.78, 5) is 2.27. The Morgan fingerprint density at radius 2 is 1.77 bits per heavy atom. The molecule has 3 rings (SSSR count). The van der Waals surface area contributed by atoms with E-state index in [1.165, 1.54) is 12.1 Å². The lowest BCUT2D eigenvalue weighted by molar-refractivity contribution is 0.152. The number of likely N-dealkylation sites (tertiary alicyclic amines) is 1. The maximum atomic E-state index is 14.0. The molecule has 0 amide bonds. The molecule has 5 heteroatoms. The van der Waals surface area contributed by atoms with Gasteiger partial charge in [-0.2, -0.15) is 0 Å². The topological polar surface area (TPSA) is 12.5 Å². The van der Waals surface area contributed by atoms with Crippen LogP contribution in [-0.4, -0.2) is 31.1 Å². The maximum Gasteiger partial charge on any atom is 0.167 e. The first-order chi connectivity index (χ1) is 12.5.